The molecular weight excluding hydrogens is 1840 g/mol. The predicted octanol–water partition coefficient (Wildman–Crippen LogP) is -5.00. The third-order valence-corrected chi connectivity index (χ3v) is 25.1. The first-order chi connectivity index (χ1) is 66.3. The molecule has 22 amide bonds. The van der Waals surface area contributed by atoms with E-state index in [9.17, 15) is 105 Å². The maximum atomic E-state index is 14.5. The molecule has 0 spiro atoms. The molecule has 4 saturated heterocycles. The number of nitrogens with zero attached hydrogens (tertiary/aromatic N) is 2. The first kappa shape index (κ1) is 110. The molecule has 16 atom stereocenters. The summed E-state index contributed by atoms with van der Waals surface area (Å²) in [6.45, 7) is 11.7. The Morgan fingerprint density at radius 2 is 0.790 bits per heavy atom. The van der Waals surface area contributed by atoms with E-state index >= 15 is 0 Å². The van der Waals surface area contributed by atoms with Crippen LogP contribution in [-0.4, -0.2) is 288 Å². The van der Waals surface area contributed by atoms with Crippen LogP contribution in [0.15, 0.2) is 48.5 Å². The number of nitrogens with two attached hydrogens (primary N) is 6. The molecule has 46 nitrogen and oxygen atoms in total. The maximum Gasteiger partial charge on any atom is 0.246 e. The van der Waals surface area contributed by atoms with Gasteiger partial charge in [-0.25, -0.2) is 0 Å². The Morgan fingerprint density at radius 1 is 0.442 bits per heavy atom. The molecule has 0 radical (unpaired) electrons. The number of carbonyl (C=O) groups excluding carboxylic acids is 22. The Hall–Kier alpha value is -12.9. The van der Waals surface area contributed by atoms with Gasteiger partial charge in [0.05, 0.1) is 40.2 Å². The van der Waals surface area contributed by atoms with Crippen LogP contribution in [0.5, 0.6) is 11.5 Å². The van der Waals surface area contributed by atoms with Gasteiger partial charge in [-0.1, -0.05) is 92.5 Å². The van der Waals surface area contributed by atoms with Crippen molar-refractivity contribution in [1.82, 2.24) is 84.2 Å². The minimum atomic E-state index is -2.35. The second-order valence-corrected chi connectivity index (χ2v) is 36.9. The third kappa shape index (κ3) is 39.7. The summed E-state index contributed by atoms with van der Waals surface area (Å²) in [5.41, 5.74) is 33.5. The number of methoxy groups -OCH3 is 2. The molecule has 4 fully saturated rings. The van der Waals surface area contributed by atoms with Gasteiger partial charge in [-0.3, -0.25) is 105 Å². The number of amides is 22. The Labute approximate surface area is 813 Å². The van der Waals surface area contributed by atoms with Gasteiger partial charge in [-0.2, -0.15) is 23.5 Å². The van der Waals surface area contributed by atoms with Gasteiger partial charge in [0.2, 0.25) is 130 Å². The van der Waals surface area contributed by atoms with Crippen LogP contribution in [-0.2, 0) is 118 Å². The van der Waals surface area contributed by atoms with Crippen molar-refractivity contribution in [1.29, 1.82) is 0 Å². The van der Waals surface area contributed by atoms with E-state index in [4.69, 9.17) is 48.0 Å². The molecule has 0 saturated carbocycles. The number of likely N-dealkylation sites (tertiary alicyclic amines) is 2. The average Bonchev–Trinajstić information content (AvgIpc) is 1.74. The second-order valence-electron chi connectivity index (χ2n) is 34.6. The van der Waals surface area contributed by atoms with Crippen LogP contribution in [0.1, 0.15) is 186 Å². The molecule has 4 aliphatic heterocycles. The summed E-state index contributed by atoms with van der Waals surface area (Å²) >= 11 is 2.30. The van der Waals surface area contributed by atoms with Crippen molar-refractivity contribution in [3.8, 4) is 11.5 Å². The van der Waals surface area contributed by atoms with Gasteiger partial charge in [0.15, 0.2) is 0 Å². The van der Waals surface area contributed by atoms with Crippen LogP contribution in [0.2, 0.25) is 0 Å². The SMILES string of the molecule is [2H]C(C)(C)CC(NC(=O)C1CCCN1C(=O)C1CSCCCC(=O)NC(Cc2ccc(OC)cc2)C(=O)NC(C(C)CC)C(=O)NC(CCC(N)=O)C(=O)NC(CC(N)=O)C(=O)N1)C(=O)NCC(N)=O.[2H]C([2H])(C(C)C)C(NC(=O)C1CCCN1C(=O)C1CSCCCC(=O)NC(Cc2ccc(OC)cc2)C(=O)NC(C(C)CC)C(=O)NC(CCC(N)=O)C(=O)NC(CC(N)=O)C(=O)N1)C(=O)NCC(N)=O. The van der Waals surface area contributed by atoms with Crippen LogP contribution in [0.25, 0.3) is 0 Å². The first-order valence-corrected chi connectivity index (χ1v) is 48.0. The first-order valence-electron chi connectivity index (χ1n) is 47.2. The fourth-order valence-corrected chi connectivity index (χ4v) is 17.0. The lowest BCUT2D eigenvalue weighted by molar-refractivity contribution is -0.142. The lowest BCUT2D eigenvalue weighted by Gasteiger charge is -2.31. The zero-order valence-corrected chi connectivity index (χ0v) is 81.1. The molecule has 4 aliphatic rings. The normalized spacial score (nSPS) is 23.7. The Balaban J connectivity index is 0.000000497. The van der Waals surface area contributed by atoms with Gasteiger partial charge in [0.25, 0.3) is 0 Å². The van der Waals surface area contributed by atoms with E-state index in [0.29, 0.717) is 41.9 Å². The maximum absolute atomic E-state index is 14.5. The Morgan fingerprint density at radius 3 is 1.12 bits per heavy atom. The number of nitrogens with one attached hydrogen (secondary N) is 14. The standard InChI is InChI=1S/2C45H69N11O12S/c2*1-6-25(4)38-44(66)51-28(15-16-34(46)57)40(62)52-31(21-35(47)58)41(63)54-32(23-69-18-8-10-37(60)50-30(42(64)55-38)20-26-11-13-27(68-5)14-12-26)45(67)56-17-7-9-33(56)43(65)53-29(19-24(2)3)39(61)49-22-36(48)59/h2*11-14,24-25,28-33,38H,6-10,15-23H2,1-5H3,(H2,46,57)(H2,47,58)(H2,48,59)(H,49,61)(H,50,60)(H,51,66)(H,52,62)(H,53,65)(H,54,63)(H,55,64)/i24D;19D2. The molecule has 2 aromatic rings. The summed E-state index contributed by atoms with van der Waals surface area (Å²) in [5, 5.41) is 35.6. The zero-order chi connectivity index (χ0) is 105. The molecule has 48 heteroatoms. The molecule has 764 valence electrons. The molecule has 0 bridgehead atoms. The van der Waals surface area contributed by atoms with Crippen molar-refractivity contribution in [3.05, 3.63) is 59.7 Å². The molecule has 0 aliphatic carbocycles. The highest BCUT2D eigenvalue weighted by Gasteiger charge is 2.45. The second kappa shape index (κ2) is 58.6. The lowest BCUT2D eigenvalue weighted by Crippen LogP contribution is -2.61. The summed E-state index contributed by atoms with van der Waals surface area (Å²) in [6.07, 6.45) is -3.89. The molecule has 16 unspecified atom stereocenters. The number of hydrogen-bond acceptors (Lipinski definition) is 26. The number of thioether (sulfide) groups is 2. The minimum Gasteiger partial charge on any atom is -0.497 e. The van der Waals surface area contributed by atoms with Crippen LogP contribution >= 0.6 is 23.5 Å². The van der Waals surface area contributed by atoms with Gasteiger partial charge in [-0.15, -0.1) is 0 Å². The van der Waals surface area contributed by atoms with E-state index in [-0.39, 0.29) is 107 Å². The summed E-state index contributed by atoms with van der Waals surface area (Å²) in [4.78, 5) is 297. The van der Waals surface area contributed by atoms with Gasteiger partial charge in [0.1, 0.15) is 96.1 Å². The van der Waals surface area contributed by atoms with E-state index < -0.39 is 290 Å². The molecule has 2 aromatic carbocycles. The van der Waals surface area contributed by atoms with Crippen LogP contribution in [0.3, 0.4) is 0 Å². The zero-order valence-electron chi connectivity index (χ0n) is 82.5. The average molecular weight is 1980 g/mol. The highest BCUT2D eigenvalue weighted by Crippen LogP contribution is 2.26. The van der Waals surface area contributed by atoms with Gasteiger partial charge in [0, 0.05) is 67.2 Å². The third-order valence-electron chi connectivity index (χ3n) is 22.8. The number of benzene rings is 2. The monoisotopic (exact) mass is 1980 g/mol. The molecule has 0 aromatic heterocycles. The largest absolute Gasteiger partial charge is 0.497 e. The van der Waals surface area contributed by atoms with Crippen LogP contribution in [0.4, 0.5) is 0 Å². The van der Waals surface area contributed by atoms with Gasteiger partial charge >= 0.3 is 0 Å². The van der Waals surface area contributed by atoms with Crippen molar-refractivity contribution in [2.75, 3.05) is 63.4 Å². The summed E-state index contributed by atoms with van der Waals surface area (Å²) in [6, 6.07) is -6.43. The van der Waals surface area contributed by atoms with E-state index in [0.717, 1.165) is 28.4 Å². The molecule has 6 rings (SSSR count). The topological polar surface area (TPSA) is 725 Å². The number of hydrogen-bond donors (Lipinski definition) is 20. The quantitative estimate of drug-likeness (QED) is 0.0304. The summed E-state index contributed by atoms with van der Waals surface area (Å²) in [5.74, 6) is -20.8. The molecule has 4 heterocycles. The highest BCUT2D eigenvalue weighted by atomic mass is 32.2. The number of rotatable bonds is 36. The molecular formula is C90H138N22O24S2. The van der Waals surface area contributed by atoms with Crippen LogP contribution in [0, 0.1) is 23.6 Å². The van der Waals surface area contributed by atoms with Crippen molar-refractivity contribution in [2.45, 2.75) is 268 Å². The fraction of sp³-hybridized carbons (Fsp3) is 0.622. The molecule has 138 heavy (non-hydrogen) atoms. The van der Waals surface area contributed by atoms with E-state index in [1.165, 1.54) is 46.8 Å². The smallest absolute Gasteiger partial charge is 0.246 e. The summed E-state index contributed by atoms with van der Waals surface area (Å²) in [7, 11) is 2.99. The van der Waals surface area contributed by atoms with E-state index in [1.54, 1.807) is 76.2 Å². The fourth-order valence-electron chi connectivity index (χ4n) is 15.0. The predicted molar refractivity (Wildman–Crippen MR) is 506 cm³/mol. The van der Waals surface area contributed by atoms with Gasteiger partial charge in [-0.05, 0) is 135 Å². The van der Waals surface area contributed by atoms with Crippen molar-refractivity contribution in [3.63, 3.8) is 0 Å². The molecule has 26 N–H and O–H groups in total. The van der Waals surface area contributed by atoms with Crippen molar-refractivity contribution < 1.29 is 119 Å². The minimum absolute atomic E-state index is 0.00301. The lowest BCUT2D eigenvalue weighted by atomic mass is 9.96. The highest BCUT2D eigenvalue weighted by molar-refractivity contribution is 7.99. The van der Waals surface area contributed by atoms with Crippen LogP contribution < -0.4 is 118 Å². The number of ether oxygens (including phenoxy) is 2. The van der Waals surface area contributed by atoms with E-state index in [2.05, 4.69) is 74.4 Å². The van der Waals surface area contributed by atoms with Crippen molar-refractivity contribution in [2.24, 2.45) is 58.0 Å². The number of carbonyl (C=O) groups is 22. The number of primary amides is 6. The Kier molecular flexibility index (Phi) is 46.9. The van der Waals surface area contributed by atoms with E-state index in [1.807, 2.05) is 0 Å². The summed E-state index contributed by atoms with van der Waals surface area (Å²) < 4.78 is 36.1. The van der Waals surface area contributed by atoms with Crippen molar-refractivity contribution >= 4 is 153 Å². The van der Waals surface area contributed by atoms with Gasteiger partial charge < -0.3 is 128 Å². The Bertz CT molecular complexity index is 4770.